The van der Waals surface area contributed by atoms with Crippen LogP contribution in [0.2, 0.25) is 0 Å². The Hall–Kier alpha value is -0.0600. The van der Waals surface area contributed by atoms with Crippen molar-refractivity contribution < 1.29 is 0 Å². The van der Waals surface area contributed by atoms with Crippen molar-refractivity contribution in [2.45, 2.75) is 16.7 Å². The Labute approximate surface area is 90.6 Å². The van der Waals surface area contributed by atoms with E-state index in [0.29, 0.717) is 5.25 Å². The zero-order valence-corrected chi connectivity index (χ0v) is 9.57. The molecule has 0 aliphatic carbocycles. The van der Waals surface area contributed by atoms with Crippen LogP contribution in [0.5, 0.6) is 0 Å². The van der Waals surface area contributed by atoms with Gasteiger partial charge in [-0.25, -0.2) is 4.98 Å². The third-order valence-corrected chi connectivity index (χ3v) is 3.64. The van der Waals surface area contributed by atoms with Crippen LogP contribution >= 0.6 is 27.7 Å². The predicted octanol–water partition coefficient (Wildman–Crippen LogP) is 2.30. The molecule has 1 aromatic heterocycles. The number of rotatable bonds is 2. The van der Waals surface area contributed by atoms with Gasteiger partial charge in [-0.2, -0.15) is 0 Å². The lowest BCUT2D eigenvalue weighted by atomic mass is 10.4. The molecule has 2 heterocycles. The molecule has 13 heavy (non-hydrogen) atoms. The predicted molar refractivity (Wildman–Crippen MR) is 59.1 cm³/mol. The average molecular weight is 259 g/mol. The molecule has 0 spiro atoms. The van der Waals surface area contributed by atoms with E-state index in [1.807, 2.05) is 23.9 Å². The Morgan fingerprint density at radius 3 is 3.15 bits per heavy atom. The van der Waals surface area contributed by atoms with Crippen LogP contribution < -0.4 is 5.32 Å². The maximum Gasteiger partial charge on any atom is 0.107 e. The molecule has 0 bridgehead atoms. The Morgan fingerprint density at radius 2 is 2.46 bits per heavy atom. The Bertz CT molecular complexity index is 287. The number of hydrogen-bond donors (Lipinski definition) is 1. The van der Waals surface area contributed by atoms with Crippen molar-refractivity contribution in [2.75, 3.05) is 13.1 Å². The summed E-state index contributed by atoms with van der Waals surface area (Å²) in [6, 6.07) is 6.05. The van der Waals surface area contributed by atoms with Crippen LogP contribution in [0.4, 0.5) is 0 Å². The summed E-state index contributed by atoms with van der Waals surface area (Å²) in [4.78, 5) is 4.39. The largest absolute Gasteiger partial charge is 0.316 e. The topological polar surface area (TPSA) is 24.9 Å². The van der Waals surface area contributed by atoms with Gasteiger partial charge in [0.05, 0.1) is 5.03 Å². The van der Waals surface area contributed by atoms with Crippen molar-refractivity contribution in [3.63, 3.8) is 0 Å². The summed E-state index contributed by atoms with van der Waals surface area (Å²) in [5, 5.41) is 5.16. The number of hydrogen-bond acceptors (Lipinski definition) is 3. The van der Waals surface area contributed by atoms with Crippen molar-refractivity contribution in [2.24, 2.45) is 0 Å². The number of nitrogens with one attached hydrogen (secondary N) is 1. The van der Waals surface area contributed by atoms with Gasteiger partial charge >= 0.3 is 0 Å². The van der Waals surface area contributed by atoms with Crippen LogP contribution in [0.25, 0.3) is 0 Å². The monoisotopic (exact) mass is 258 g/mol. The van der Waals surface area contributed by atoms with Crippen molar-refractivity contribution in [3.8, 4) is 0 Å². The molecule has 0 aromatic carbocycles. The van der Waals surface area contributed by atoms with Gasteiger partial charge in [0.15, 0.2) is 0 Å². The maximum atomic E-state index is 4.39. The van der Waals surface area contributed by atoms with E-state index >= 15 is 0 Å². The summed E-state index contributed by atoms with van der Waals surface area (Å²) in [7, 11) is 0. The molecule has 1 aliphatic heterocycles. The van der Waals surface area contributed by atoms with Crippen LogP contribution in [0, 0.1) is 0 Å². The maximum absolute atomic E-state index is 4.39. The second-order valence-corrected chi connectivity index (χ2v) is 5.16. The van der Waals surface area contributed by atoms with Gasteiger partial charge in [-0.15, -0.1) is 11.8 Å². The summed E-state index contributed by atoms with van der Waals surface area (Å²) in [5.41, 5.74) is 0. The van der Waals surface area contributed by atoms with Gasteiger partial charge in [0.25, 0.3) is 0 Å². The highest BCUT2D eigenvalue weighted by Crippen LogP contribution is 2.25. The summed E-state index contributed by atoms with van der Waals surface area (Å²) < 4.78 is 0.920. The lowest BCUT2D eigenvalue weighted by molar-refractivity contribution is 0.858. The fourth-order valence-electron chi connectivity index (χ4n) is 1.35. The van der Waals surface area contributed by atoms with E-state index in [4.69, 9.17) is 0 Å². The molecule has 2 nitrogen and oxygen atoms in total. The first-order chi connectivity index (χ1) is 6.34. The number of nitrogens with zero attached hydrogens (tertiary/aromatic N) is 1. The summed E-state index contributed by atoms with van der Waals surface area (Å²) in [6.07, 6.45) is 1.25. The fraction of sp³-hybridized carbons (Fsp3) is 0.444. The second kappa shape index (κ2) is 4.44. The molecule has 4 heteroatoms. The number of aromatic nitrogens is 1. The van der Waals surface area contributed by atoms with Crippen LogP contribution in [-0.4, -0.2) is 23.3 Å². The highest BCUT2D eigenvalue weighted by molar-refractivity contribution is 9.10. The van der Waals surface area contributed by atoms with E-state index in [1.165, 1.54) is 6.42 Å². The molecule has 1 atom stereocenters. The van der Waals surface area contributed by atoms with Crippen molar-refractivity contribution >= 4 is 27.7 Å². The normalized spacial score (nSPS) is 22.1. The Kier molecular flexibility index (Phi) is 3.24. The quantitative estimate of drug-likeness (QED) is 0.825. The molecule has 1 saturated heterocycles. The molecule has 70 valence electrons. The Morgan fingerprint density at radius 1 is 1.54 bits per heavy atom. The van der Waals surface area contributed by atoms with Gasteiger partial charge < -0.3 is 5.32 Å². The van der Waals surface area contributed by atoms with Crippen LogP contribution in [0.3, 0.4) is 0 Å². The summed E-state index contributed by atoms with van der Waals surface area (Å²) in [6.45, 7) is 2.25. The molecule has 0 unspecified atom stereocenters. The molecule has 1 aromatic rings. The third-order valence-electron chi connectivity index (χ3n) is 1.99. The zero-order chi connectivity index (χ0) is 9.10. The van der Waals surface area contributed by atoms with Gasteiger partial charge in [-0.3, -0.25) is 0 Å². The lowest BCUT2D eigenvalue weighted by Gasteiger charge is -2.06. The van der Waals surface area contributed by atoms with Gasteiger partial charge in [-0.05, 0) is 41.0 Å². The molecule has 1 N–H and O–H groups in total. The van der Waals surface area contributed by atoms with Crippen LogP contribution in [-0.2, 0) is 0 Å². The SMILES string of the molecule is Brc1cccc(S[C@H]2CCNC2)n1. The van der Waals surface area contributed by atoms with E-state index in [-0.39, 0.29) is 0 Å². The third kappa shape index (κ3) is 2.69. The first-order valence-electron chi connectivity index (χ1n) is 4.34. The van der Waals surface area contributed by atoms with Gasteiger partial charge in [0.2, 0.25) is 0 Å². The van der Waals surface area contributed by atoms with Gasteiger partial charge in [0, 0.05) is 11.8 Å². The number of pyridine rings is 1. The zero-order valence-electron chi connectivity index (χ0n) is 7.16. The van der Waals surface area contributed by atoms with E-state index in [9.17, 15) is 0 Å². The molecule has 1 aliphatic rings. The summed E-state index contributed by atoms with van der Waals surface area (Å²) >= 11 is 5.23. The van der Waals surface area contributed by atoms with Crippen LogP contribution in [0.15, 0.2) is 27.8 Å². The minimum atomic E-state index is 0.696. The van der Waals surface area contributed by atoms with E-state index in [2.05, 4.69) is 32.3 Å². The van der Waals surface area contributed by atoms with Gasteiger partial charge in [0.1, 0.15) is 4.60 Å². The first kappa shape index (κ1) is 9.49. The minimum absolute atomic E-state index is 0.696. The molecular formula is C9H11BrN2S. The fourth-order valence-corrected chi connectivity index (χ4v) is 2.90. The second-order valence-electron chi connectivity index (χ2n) is 3.03. The highest BCUT2D eigenvalue weighted by atomic mass is 79.9. The number of thioether (sulfide) groups is 1. The minimum Gasteiger partial charge on any atom is -0.316 e. The molecular weight excluding hydrogens is 248 g/mol. The van der Waals surface area contributed by atoms with Gasteiger partial charge in [-0.1, -0.05) is 6.07 Å². The number of halogens is 1. The van der Waals surface area contributed by atoms with E-state index < -0.39 is 0 Å². The van der Waals surface area contributed by atoms with E-state index in [1.54, 1.807) is 0 Å². The Balaban J connectivity index is 2.00. The van der Waals surface area contributed by atoms with Crippen molar-refractivity contribution in [3.05, 3.63) is 22.8 Å². The molecule has 1 fully saturated rings. The standard InChI is InChI=1S/C9H11BrN2S/c10-8-2-1-3-9(12-8)13-7-4-5-11-6-7/h1-3,7,11H,4-6H2/t7-/m0/s1. The smallest absolute Gasteiger partial charge is 0.107 e. The molecule has 0 saturated carbocycles. The average Bonchev–Trinajstić information content (AvgIpc) is 2.57. The molecule has 0 amide bonds. The van der Waals surface area contributed by atoms with Crippen molar-refractivity contribution in [1.82, 2.24) is 10.3 Å². The highest BCUT2D eigenvalue weighted by Gasteiger charge is 2.15. The van der Waals surface area contributed by atoms with E-state index in [0.717, 1.165) is 22.7 Å². The van der Waals surface area contributed by atoms with Crippen LogP contribution in [0.1, 0.15) is 6.42 Å². The first-order valence-corrected chi connectivity index (χ1v) is 6.02. The molecule has 0 radical (unpaired) electrons. The van der Waals surface area contributed by atoms with Crippen molar-refractivity contribution in [1.29, 1.82) is 0 Å². The summed E-state index contributed by atoms with van der Waals surface area (Å²) in [5.74, 6) is 0. The lowest BCUT2D eigenvalue weighted by Crippen LogP contribution is -2.10. The molecule has 2 rings (SSSR count).